The summed E-state index contributed by atoms with van der Waals surface area (Å²) < 4.78 is 10.8. The lowest BCUT2D eigenvalue weighted by Gasteiger charge is -2.26. The van der Waals surface area contributed by atoms with Crippen molar-refractivity contribution >= 4 is 0 Å². The van der Waals surface area contributed by atoms with E-state index in [1.807, 2.05) is 6.08 Å². The first-order chi connectivity index (χ1) is 6.33. The number of hydrogen-bond donors (Lipinski definition) is 1. The van der Waals surface area contributed by atoms with Crippen LogP contribution in [0.25, 0.3) is 0 Å². The third kappa shape index (κ3) is 4.41. The molecule has 1 heterocycles. The van der Waals surface area contributed by atoms with Gasteiger partial charge in [0.25, 0.3) is 0 Å². The second-order valence-corrected chi connectivity index (χ2v) is 3.42. The molecule has 3 heteroatoms. The Morgan fingerprint density at radius 1 is 1.54 bits per heavy atom. The summed E-state index contributed by atoms with van der Waals surface area (Å²) in [5.74, 6) is 0.695. The van der Waals surface area contributed by atoms with Gasteiger partial charge in [-0.2, -0.15) is 0 Å². The standard InChI is InChI=1S/C10H18O3/c1-9-4-7-13-10(8-9)12-6-3-2-5-11/h2-3,9-11H,4-8H2,1H3/b3-2-. The van der Waals surface area contributed by atoms with Gasteiger partial charge in [-0.1, -0.05) is 19.1 Å². The maximum absolute atomic E-state index is 8.47. The van der Waals surface area contributed by atoms with Crippen LogP contribution in [-0.2, 0) is 9.47 Å². The average molecular weight is 186 g/mol. The zero-order valence-electron chi connectivity index (χ0n) is 8.11. The summed E-state index contributed by atoms with van der Waals surface area (Å²) in [6.45, 7) is 3.61. The molecule has 0 aromatic heterocycles. The van der Waals surface area contributed by atoms with Gasteiger partial charge in [-0.3, -0.25) is 0 Å². The number of rotatable bonds is 4. The molecule has 0 aromatic carbocycles. The minimum absolute atomic E-state index is 0.0490. The van der Waals surface area contributed by atoms with Crippen LogP contribution in [0, 0.1) is 5.92 Å². The van der Waals surface area contributed by atoms with Crippen LogP contribution >= 0.6 is 0 Å². The van der Waals surface area contributed by atoms with Gasteiger partial charge in [-0.15, -0.1) is 0 Å². The second-order valence-electron chi connectivity index (χ2n) is 3.42. The van der Waals surface area contributed by atoms with Crippen LogP contribution in [0.2, 0.25) is 0 Å². The third-order valence-corrected chi connectivity index (χ3v) is 2.16. The Hall–Kier alpha value is -0.380. The molecule has 1 saturated heterocycles. The van der Waals surface area contributed by atoms with Crippen LogP contribution in [0.1, 0.15) is 19.8 Å². The highest BCUT2D eigenvalue weighted by Crippen LogP contribution is 2.19. The molecule has 1 N–H and O–H groups in total. The van der Waals surface area contributed by atoms with Crippen molar-refractivity contribution in [3.05, 3.63) is 12.2 Å². The van der Waals surface area contributed by atoms with Gasteiger partial charge in [0.2, 0.25) is 0 Å². The van der Waals surface area contributed by atoms with Crippen molar-refractivity contribution in [3.8, 4) is 0 Å². The van der Waals surface area contributed by atoms with Crippen LogP contribution in [0.4, 0.5) is 0 Å². The van der Waals surface area contributed by atoms with E-state index in [9.17, 15) is 0 Å². The molecule has 1 rings (SSSR count). The van der Waals surface area contributed by atoms with Crippen LogP contribution in [-0.4, -0.2) is 31.2 Å². The Morgan fingerprint density at radius 2 is 2.38 bits per heavy atom. The minimum atomic E-state index is -0.0490. The van der Waals surface area contributed by atoms with Crippen LogP contribution in [0.15, 0.2) is 12.2 Å². The molecule has 1 aliphatic rings. The van der Waals surface area contributed by atoms with Crippen LogP contribution in [0.5, 0.6) is 0 Å². The fraction of sp³-hybridized carbons (Fsp3) is 0.800. The van der Waals surface area contributed by atoms with E-state index in [0.29, 0.717) is 12.5 Å². The Kier molecular flexibility index (Phi) is 5.05. The fourth-order valence-electron chi connectivity index (χ4n) is 1.34. The van der Waals surface area contributed by atoms with Gasteiger partial charge in [0, 0.05) is 13.0 Å². The lowest BCUT2D eigenvalue weighted by atomic mass is 10.0. The average Bonchev–Trinajstić information content (AvgIpc) is 2.13. The van der Waals surface area contributed by atoms with Gasteiger partial charge in [0.1, 0.15) is 0 Å². The molecule has 0 bridgehead atoms. The van der Waals surface area contributed by atoms with E-state index in [-0.39, 0.29) is 12.9 Å². The summed E-state index contributed by atoms with van der Waals surface area (Å²) in [7, 11) is 0. The van der Waals surface area contributed by atoms with E-state index in [0.717, 1.165) is 19.4 Å². The monoisotopic (exact) mass is 186 g/mol. The molecule has 2 unspecified atom stereocenters. The summed E-state index contributed by atoms with van der Waals surface area (Å²) in [5.41, 5.74) is 0. The first-order valence-corrected chi connectivity index (χ1v) is 4.82. The molecular weight excluding hydrogens is 168 g/mol. The lowest BCUT2D eigenvalue weighted by Crippen LogP contribution is -2.26. The van der Waals surface area contributed by atoms with Crippen molar-refractivity contribution in [3.63, 3.8) is 0 Å². The van der Waals surface area contributed by atoms with Crippen LogP contribution in [0.3, 0.4) is 0 Å². The molecule has 2 atom stereocenters. The number of ether oxygens (including phenoxy) is 2. The van der Waals surface area contributed by atoms with Gasteiger partial charge in [-0.25, -0.2) is 0 Å². The predicted octanol–water partition coefficient (Wildman–Crippen LogP) is 1.32. The summed E-state index contributed by atoms with van der Waals surface area (Å²) in [6, 6.07) is 0. The quantitative estimate of drug-likeness (QED) is 0.673. The largest absolute Gasteiger partial charge is 0.392 e. The SMILES string of the molecule is CC1CCOC(OC/C=C\CO)C1. The number of aliphatic hydroxyl groups excluding tert-OH is 1. The summed E-state index contributed by atoms with van der Waals surface area (Å²) in [6.07, 6.45) is 5.54. The van der Waals surface area contributed by atoms with E-state index in [4.69, 9.17) is 14.6 Å². The zero-order valence-corrected chi connectivity index (χ0v) is 8.11. The maximum Gasteiger partial charge on any atom is 0.158 e. The van der Waals surface area contributed by atoms with Gasteiger partial charge in [-0.05, 0) is 12.3 Å². The summed E-state index contributed by atoms with van der Waals surface area (Å²) in [4.78, 5) is 0. The molecular formula is C10H18O3. The Morgan fingerprint density at radius 3 is 3.08 bits per heavy atom. The zero-order chi connectivity index (χ0) is 9.52. The fourth-order valence-corrected chi connectivity index (χ4v) is 1.34. The van der Waals surface area contributed by atoms with Crippen molar-refractivity contribution in [1.82, 2.24) is 0 Å². The van der Waals surface area contributed by atoms with Crippen molar-refractivity contribution < 1.29 is 14.6 Å². The molecule has 13 heavy (non-hydrogen) atoms. The molecule has 0 aromatic rings. The first kappa shape index (κ1) is 10.7. The highest BCUT2D eigenvalue weighted by atomic mass is 16.7. The summed E-state index contributed by atoms with van der Waals surface area (Å²) in [5, 5.41) is 8.47. The molecule has 0 amide bonds. The van der Waals surface area contributed by atoms with E-state index in [1.54, 1.807) is 6.08 Å². The third-order valence-electron chi connectivity index (χ3n) is 2.16. The van der Waals surface area contributed by atoms with Crippen LogP contribution < -0.4 is 0 Å². The van der Waals surface area contributed by atoms with Gasteiger partial charge in [0.15, 0.2) is 6.29 Å². The molecule has 1 aliphatic heterocycles. The molecule has 0 spiro atoms. The highest BCUT2D eigenvalue weighted by Gasteiger charge is 2.18. The Labute approximate surface area is 79.3 Å². The highest BCUT2D eigenvalue weighted by molar-refractivity contribution is 4.80. The molecule has 3 nitrogen and oxygen atoms in total. The maximum atomic E-state index is 8.47. The smallest absolute Gasteiger partial charge is 0.158 e. The first-order valence-electron chi connectivity index (χ1n) is 4.82. The lowest BCUT2D eigenvalue weighted by molar-refractivity contribution is -0.166. The molecule has 0 aliphatic carbocycles. The van der Waals surface area contributed by atoms with Crippen molar-refractivity contribution in [2.75, 3.05) is 19.8 Å². The predicted molar refractivity (Wildman–Crippen MR) is 50.3 cm³/mol. The van der Waals surface area contributed by atoms with Crippen molar-refractivity contribution in [1.29, 1.82) is 0 Å². The van der Waals surface area contributed by atoms with Gasteiger partial charge < -0.3 is 14.6 Å². The topological polar surface area (TPSA) is 38.7 Å². The van der Waals surface area contributed by atoms with Crippen molar-refractivity contribution in [2.45, 2.75) is 26.1 Å². The second kappa shape index (κ2) is 6.13. The Bertz CT molecular complexity index is 156. The Balaban J connectivity index is 2.10. The minimum Gasteiger partial charge on any atom is -0.392 e. The normalized spacial score (nSPS) is 29.7. The van der Waals surface area contributed by atoms with E-state index >= 15 is 0 Å². The molecule has 1 fully saturated rings. The van der Waals surface area contributed by atoms with Gasteiger partial charge in [0.05, 0.1) is 13.2 Å². The molecule has 76 valence electrons. The number of hydrogen-bond acceptors (Lipinski definition) is 3. The summed E-state index contributed by atoms with van der Waals surface area (Å²) >= 11 is 0. The van der Waals surface area contributed by atoms with E-state index < -0.39 is 0 Å². The molecule has 0 saturated carbocycles. The molecule has 0 radical (unpaired) electrons. The van der Waals surface area contributed by atoms with E-state index in [1.165, 1.54) is 0 Å². The van der Waals surface area contributed by atoms with Crippen molar-refractivity contribution in [2.24, 2.45) is 5.92 Å². The van der Waals surface area contributed by atoms with E-state index in [2.05, 4.69) is 6.92 Å². The van der Waals surface area contributed by atoms with Gasteiger partial charge >= 0.3 is 0 Å². The number of aliphatic hydroxyl groups is 1.